The Kier molecular flexibility index (Phi) is 5.33. The number of aromatic nitrogens is 5. The van der Waals surface area contributed by atoms with Crippen LogP contribution in [0.4, 0.5) is 11.5 Å². The fourth-order valence-electron chi connectivity index (χ4n) is 3.35. The largest absolute Gasteiger partial charge is 0.438 e. The number of fused-ring (bicyclic) bond motifs is 1. The van der Waals surface area contributed by atoms with E-state index in [-0.39, 0.29) is 17.7 Å². The van der Waals surface area contributed by atoms with Crippen molar-refractivity contribution < 1.29 is 14.3 Å². The Balaban J connectivity index is 1.32. The van der Waals surface area contributed by atoms with Crippen molar-refractivity contribution in [2.45, 2.75) is 19.8 Å². The number of imidazole rings is 1. The molecule has 1 aliphatic rings. The minimum atomic E-state index is -0.283. The van der Waals surface area contributed by atoms with Crippen molar-refractivity contribution in [2.75, 3.05) is 10.6 Å². The summed E-state index contributed by atoms with van der Waals surface area (Å²) in [5.41, 5.74) is 2.34. The molecule has 0 bridgehead atoms. The molecule has 3 aromatic heterocycles. The second-order valence-corrected chi connectivity index (χ2v) is 8.71. The first-order chi connectivity index (χ1) is 15.9. The molecule has 0 unspecified atom stereocenters. The van der Waals surface area contributed by atoms with Crippen molar-refractivity contribution in [3.63, 3.8) is 0 Å². The molecule has 168 valence electrons. The third-order valence-electron chi connectivity index (χ3n) is 5.14. The molecule has 2 N–H and O–H groups in total. The number of nitrogens with one attached hydrogen (secondary N) is 2. The van der Waals surface area contributed by atoms with E-state index >= 15 is 0 Å². The lowest BCUT2D eigenvalue weighted by Crippen LogP contribution is -2.16. The highest BCUT2D eigenvalue weighted by atomic mass is 79.9. The van der Waals surface area contributed by atoms with Gasteiger partial charge in [0.25, 0.3) is 5.91 Å². The number of carbonyl (C=O) groups excluding carboxylic acids is 2. The SMILES string of the molecule is Cc1cc(C(=O)Nc2cc(Oc3ccc4nc(NC(=O)C5CC5)cn4n3)ccc2Br)n(C)n1. The van der Waals surface area contributed by atoms with Crippen LogP contribution in [0, 0.1) is 12.8 Å². The quantitative estimate of drug-likeness (QED) is 0.406. The second kappa shape index (κ2) is 8.32. The first-order valence-corrected chi connectivity index (χ1v) is 11.1. The Morgan fingerprint density at radius 3 is 2.67 bits per heavy atom. The number of hydrogen-bond acceptors (Lipinski definition) is 6. The lowest BCUT2D eigenvalue weighted by atomic mass is 10.2. The number of ether oxygens (including phenoxy) is 1. The Bertz CT molecular complexity index is 1390. The van der Waals surface area contributed by atoms with Crippen LogP contribution in [-0.4, -0.2) is 36.2 Å². The number of benzene rings is 1. The number of hydrogen-bond donors (Lipinski definition) is 2. The fourth-order valence-corrected chi connectivity index (χ4v) is 3.69. The van der Waals surface area contributed by atoms with Gasteiger partial charge in [-0.1, -0.05) is 0 Å². The van der Waals surface area contributed by atoms with Gasteiger partial charge in [0.2, 0.25) is 11.8 Å². The Labute approximate surface area is 197 Å². The monoisotopic (exact) mass is 509 g/mol. The van der Waals surface area contributed by atoms with Crippen molar-refractivity contribution in [1.29, 1.82) is 0 Å². The third-order valence-corrected chi connectivity index (χ3v) is 5.83. The van der Waals surface area contributed by atoms with E-state index in [9.17, 15) is 9.59 Å². The van der Waals surface area contributed by atoms with Crippen molar-refractivity contribution in [2.24, 2.45) is 13.0 Å². The number of amides is 2. The van der Waals surface area contributed by atoms with Gasteiger partial charge in [0.1, 0.15) is 11.4 Å². The fraction of sp³-hybridized carbons (Fsp3) is 0.227. The molecule has 1 aromatic carbocycles. The summed E-state index contributed by atoms with van der Waals surface area (Å²) >= 11 is 3.45. The van der Waals surface area contributed by atoms with E-state index in [2.05, 4.69) is 41.7 Å². The summed E-state index contributed by atoms with van der Waals surface area (Å²) in [5, 5.41) is 14.3. The molecule has 0 spiro atoms. The zero-order valence-corrected chi connectivity index (χ0v) is 19.5. The zero-order valence-electron chi connectivity index (χ0n) is 17.9. The number of anilines is 2. The van der Waals surface area contributed by atoms with Crippen LogP contribution >= 0.6 is 15.9 Å². The van der Waals surface area contributed by atoms with Crippen LogP contribution in [0.15, 0.2) is 47.1 Å². The van der Waals surface area contributed by atoms with E-state index in [4.69, 9.17) is 4.74 Å². The molecule has 0 radical (unpaired) electrons. The van der Waals surface area contributed by atoms with Gasteiger partial charge in [0.05, 0.1) is 17.6 Å². The summed E-state index contributed by atoms with van der Waals surface area (Å²) < 4.78 is 9.68. The highest BCUT2D eigenvalue weighted by Gasteiger charge is 2.30. The lowest BCUT2D eigenvalue weighted by molar-refractivity contribution is -0.117. The number of aryl methyl sites for hydroxylation is 2. The lowest BCUT2D eigenvalue weighted by Gasteiger charge is -2.10. The van der Waals surface area contributed by atoms with E-state index in [1.54, 1.807) is 54.2 Å². The van der Waals surface area contributed by atoms with Crippen LogP contribution in [0.25, 0.3) is 5.65 Å². The Morgan fingerprint density at radius 2 is 1.94 bits per heavy atom. The zero-order chi connectivity index (χ0) is 23.1. The predicted octanol–water partition coefficient (Wildman–Crippen LogP) is 3.93. The third kappa shape index (κ3) is 4.58. The average molecular weight is 510 g/mol. The van der Waals surface area contributed by atoms with Crippen molar-refractivity contribution in [3.8, 4) is 11.6 Å². The number of nitrogens with zero attached hydrogens (tertiary/aromatic N) is 5. The van der Waals surface area contributed by atoms with Gasteiger partial charge in [-0.2, -0.15) is 5.10 Å². The highest BCUT2D eigenvalue weighted by Crippen LogP contribution is 2.31. The van der Waals surface area contributed by atoms with Gasteiger partial charge in [-0.3, -0.25) is 14.3 Å². The summed E-state index contributed by atoms with van der Waals surface area (Å²) in [4.78, 5) is 29.0. The molecule has 5 rings (SSSR count). The molecule has 1 fully saturated rings. The first kappa shape index (κ1) is 21.1. The van der Waals surface area contributed by atoms with Crippen LogP contribution in [0.3, 0.4) is 0 Å². The number of rotatable bonds is 6. The minimum absolute atomic E-state index is 0.0133. The van der Waals surface area contributed by atoms with Crippen molar-refractivity contribution >= 4 is 44.9 Å². The maximum absolute atomic E-state index is 12.7. The van der Waals surface area contributed by atoms with Gasteiger partial charge in [-0.25, -0.2) is 9.50 Å². The molecule has 2 amide bonds. The molecule has 11 heteroatoms. The molecular weight excluding hydrogens is 490 g/mol. The van der Waals surface area contributed by atoms with Gasteiger partial charge in [0, 0.05) is 29.6 Å². The van der Waals surface area contributed by atoms with E-state index in [1.165, 1.54) is 4.68 Å². The molecule has 1 saturated carbocycles. The normalized spacial score (nSPS) is 13.2. The molecule has 0 atom stereocenters. The minimum Gasteiger partial charge on any atom is -0.438 e. The predicted molar refractivity (Wildman–Crippen MR) is 124 cm³/mol. The summed E-state index contributed by atoms with van der Waals surface area (Å²) in [6.07, 6.45) is 3.49. The van der Waals surface area contributed by atoms with Crippen LogP contribution in [0.2, 0.25) is 0 Å². The van der Waals surface area contributed by atoms with E-state index in [0.29, 0.717) is 38.9 Å². The molecule has 4 aromatic rings. The number of carbonyl (C=O) groups is 2. The van der Waals surface area contributed by atoms with Gasteiger partial charge < -0.3 is 15.4 Å². The Morgan fingerprint density at radius 1 is 1.12 bits per heavy atom. The molecule has 0 aliphatic heterocycles. The maximum atomic E-state index is 12.7. The molecule has 1 aliphatic carbocycles. The van der Waals surface area contributed by atoms with Gasteiger partial charge in [0.15, 0.2) is 11.5 Å². The van der Waals surface area contributed by atoms with E-state index < -0.39 is 0 Å². The van der Waals surface area contributed by atoms with Crippen LogP contribution in [0.1, 0.15) is 29.0 Å². The summed E-state index contributed by atoms with van der Waals surface area (Å²) in [5.74, 6) is 1.08. The van der Waals surface area contributed by atoms with Gasteiger partial charge in [-0.05, 0) is 60.0 Å². The summed E-state index contributed by atoms with van der Waals surface area (Å²) in [6.45, 7) is 1.83. The summed E-state index contributed by atoms with van der Waals surface area (Å²) in [6, 6.07) is 10.4. The molecular formula is C22H20BrN7O3. The Hall–Kier alpha value is -3.73. The molecule has 3 heterocycles. The maximum Gasteiger partial charge on any atom is 0.273 e. The topological polar surface area (TPSA) is 115 Å². The van der Waals surface area contributed by atoms with Crippen LogP contribution < -0.4 is 15.4 Å². The van der Waals surface area contributed by atoms with Gasteiger partial charge >= 0.3 is 0 Å². The van der Waals surface area contributed by atoms with E-state index in [0.717, 1.165) is 18.5 Å². The smallest absolute Gasteiger partial charge is 0.273 e. The number of halogens is 1. The second-order valence-electron chi connectivity index (χ2n) is 7.86. The van der Waals surface area contributed by atoms with Crippen molar-refractivity contribution in [1.82, 2.24) is 24.4 Å². The molecule has 10 nitrogen and oxygen atoms in total. The standard InChI is InChI=1S/C22H20BrN7O3/c1-12-9-17(29(2)27-12)22(32)24-16-10-14(5-6-15(16)23)33-20-8-7-19-25-18(11-30(19)28-20)26-21(31)13-3-4-13/h5-11,13H,3-4H2,1-2H3,(H,24,32)(H,26,31). The summed E-state index contributed by atoms with van der Waals surface area (Å²) in [7, 11) is 1.72. The van der Waals surface area contributed by atoms with Crippen LogP contribution in [0.5, 0.6) is 11.6 Å². The van der Waals surface area contributed by atoms with E-state index in [1.807, 2.05) is 6.92 Å². The van der Waals surface area contributed by atoms with Gasteiger partial charge in [-0.15, -0.1) is 5.10 Å². The van der Waals surface area contributed by atoms with Crippen LogP contribution in [-0.2, 0) is 11.8 Å². The molecule has 33 heavy (non-hydrogen) atoms. The highest BCUT2D eigenvalue weighted by molar-refractivity contribution is 9.10. The first-order valence-electron chi connectivity index (χ1n) is 10.3. The molecule has 0 saturated heterocycles. The average Bonchev–Trinajstić information content (AvgIpc) is 3.46. The van der Waals surface area contributed by atoms with Crippen molar-refractivity contribution in [3.05, 3.63) is 58.5 Å².